The van der Waals surface area contributed by atoms with E-state index in [2.05, 4.69) is 30.0 Å². The number of rotatable bonds is 4. The van der Waals surface area contributed by atoms with E-state index in [9.17, 15) is 5.11 Å². The number of hydrogen-bond acceptors (Lipinski definition) is 4. The van der Waals surface area contributed by atoms with Gasteiger partial charge in [0, 0.05) is 18.6 Å². The predicted octanol–water partition coefficient (Wildman–Crippen LogP) is 4.19. The second-order valence-corrected chi connectivity index (χ2v) is 7.03. The Labute approximate surface area is 138 Å². The van der Waals surface area contributed by atoms with Crippen molar-refractivity contribution in [1.29, 1.82) is 0 Å². The van der Waals surface area contributed by atoms with Crippen LogP contribution in [-0.4, -0.2) is 19.9 Å². The molecule has 0 spiro atoms. The molecule has 114 valence electrons. The summed E-state index contributed by atoms with van der Waals surface area (Å²) in [7, 11) is 0. The van der Waals surface area contributed by atoms with E-state index in [0.29, 0.717) is 10.4 Å². The van der Waals surface area contributed by atoms with E-state index in [-0.39, 0.29) is 0 Å². The Kier molecular flexibility index (Phi) is 4.29. The maximum atomic E-state index is 10.6. The predicted molar refractivity (Wildman–Crippen MR) is 88.8 cm³/mol. The van der Waals surface area contributed by atoms with Crippen LogP contribution in [0.15, 0.2) is 42.9 Å². The van der Waals surface area contributed by atoms with Gasteiger partial charge in [-0.2, -0.15) is 5.10 Å². The molecule has 0 amide bonds. The summed E-state index contributed by atoms with van der Waals surface area (Å²) in [4.78, 5) is 4.73. The van der Waals surface area contributed by atoms with Gasteiger partial charge in [0.05, 0.1) is 10.6 Å². The number of aromatic nitrogens is 3. The summed E-state index contributed by atoms with van der Waals surface area (Å²) < 4.78 is 2.23. The number of aliphatic hydroxyl groups excluding tert-OH is 1. The molecule has 3 aromatic rings. The Morgan fingerprint density at radius 3 is 2.59 bits per heavy atom. The molecule has 0 radical (unpaired) electrons. The minimum atomic E-state index is -0.738. The summed E-state index contributed by atoms with van der Waals surface area (Å²) in [5.74, 6) is 0.353. The lowest BCUT2D eigenvalue weighted by molar-refractivity contribution is 0.223. The summed E-state index contributed by atoms with van der Waals surface area (Å²) in [6.45, 7) is 4.25. The van der Waals surface area contributed by atoms with E-state index < -0.39 is 6.10 Å². The zero-order valence-corrected chi connectivity index (χ0v) is 13.8. The highest BCUT2D eigenvalue weighted by molar-refractivity contribution is 7.15. The average molecular weight is 334 g/mol. The highest BCUT2D eigenvalue weighted by Gasteiger charge is 2.16. The molecular formula is C16H16ClN3OS. The van der Waals surface area contributed by atoms with Crippen LogP contribution in [0.5, 0.6) is 0 Å². The Hall–Kier alpha value is -1.69. The van der Waals surface area contributed by atoms with Crippen LogP contribution in [0.2, 0.25) is 4.47 Å². The molecule has 0 aliphatic carbocycles. The molecule has 2 aromatic heterocycles. The molecular weight excluding hydrogens is 318 g/mol. The summed E-state index contributed by atoms with van der Waals surface area (Å²) in [6.07, 6.45) is 4.51. The van der Waals surface area contributed by atoms with E-state index >= 15 is 0 Å². The number of thiazole rings is 1. The third-order valence-corrected chi connectivity index (χ3v) is 4.65. The number of nitrogens with zero attached hydrogens (tertiary/aromatic N) is 3. The molecule has 1 atom stereocenters. The number of benzene rings is 1. The van der Waals surface area contributed by atoms with Crippen LogP contribution in [0.25, 0.3) is 5.69 Å². The fourth-order valence-corrected chi connectivity index (χ4v) is 3.23. The molecule has 1 N–H and O–H groups in total. The highest BCUT2D eigenvalue weighted by atomic mass is 35.5. The Bertz CT molecular complexity index is 768. The third kappa shape index (κ3) is 3.06. The molecule has 0 aliphatic rings. The monoisotopic (exact) mass is 333 g/mol. The quantitative estimate of drug-likeness (QED) is 0.779. The molecule has 0 saturated carbocycles. The number of hydrogen-bond donors (Lipinski definition) is 1. The van der Waals surface area contributed by atoms with Gasteiger partial charge in [-0.15, -0.1) is 11.3 Å². The minimum Gasteiger partial charge on any atom is -0.383 e. The lowest BCUT2D eigenvalue weighted by Gasteiger charge is -2.15. The number of aliphatic hydroxyl groups is 1. The van der Waals surface area contributed by atoms with Crippen LogP contribution >= 0.6 is 22.9 Å². The van der Waals surface area contributed by atoms with E-state index in [1.807, 2.05) is 24.4 Å². The van der Waals surface area contributed by atoms with Crippen molar-refractivity contribution < 1.29 is 5.11 Å². The average Bonchev–Trinajstić information content (AvgIpc) is 3.17. The van der Waals surface area contributed by atoms with Gasteiger partial charge in [-0.05, 0) is 35.2 Å². The molecule has 0 saturated heterocycles. The van der Waals surface area contributed by atoms with Crippen molar-refractivity contribution >= 4 is 22.9 Å². The number of halogens is 1. The summed E-state index contributed by atoms with van der Waals surface area (Å²) in [6, 6.07) is 7.93. The molecule has 6 heteroatoms. The molecule has 4 nitrogen and oxygen atoms in total. The first-order chi connectivity index (χ1) is 10.5. The lowest BCUT2D eigenvalue weighted by atomic mass is 9.97. The van der Waals surface area contributed by atoms with Gasteiger partial charge in [-0.1, -0.05) is 31.5 Å². The van der Waals surface area contributed by atoms with Gasteiger partial charge in [0.15, 0.2) is 4.47 Å². The first-order valence-corrected chi connectivity index (χ1v) is 8.18. The molecule has 0 bridgehead atoms. The fourth-order valence-electron chi connectivity index (χ4n) is 2.26. The summed E-state index contributed by atoms with van der Waals surface area (Å²) in [5.41, 5.74) is 2.90. The van der Waals surface area contributed by atoms with Gasteiger partial charge in [0.2, 0.25) is 0 Å². The largest absolute Gasteiger partial charge is 0.383 e. The van der Waals surface area contributed by atoms with Crippen LogP contribution in [0.4, 0.5) is 0 Å². The molecule has 3 rings (SSSR count). The standard InChI is InChI=1S/C16H16ClN3OS/c1-10(2)11-6-12(15(21)14-9-18-16(17)22-14)8-13(7-11)20-5-3-4-19-20/h3-10,15,21H,1-2H3. The first kappa shape index (κ1) is 15.2. The summed E-state index contributed by atoms with van der Waals surface area (Å²) >= 11 is 7.16. The molecule has 22 heavy (non-hydrogen) atoms. The van der Waals surface area contributed by atoms with Crippen LogP contribution in [-0.2, 0) is 0 Å². The van der Waals surface area contributed by atoms with Crippen LogP contribution < -0.4 is 0 Å². The highest BCUT2D eigenvalue weighted by Crippen LogP contribution is 2.31. The molecule has 2 heterocycles. The Morgan fingerprint density at radius 2 is 2.00 bits per heavy atom. The smallest absolute Gasteiger partial charge is 0.183 e. The van der Waals surface area contributed by atoms with Crippen molar-refractivity contribution in [3.8, 4) is 5.69 Å². The maximum absolute atomic E-state index is 10.6. The van der Waals surface area contributed by atoms with E-state index in [1.54, 1.807) is 17.1 Å². The van der Waals surface area contributed by atoms with Crippen LogP contribution in [0.1, 0.15) is 41.9 Å². The lowest BCUT2D eigenvalue weighted by Crippen LogP contribution is -2.03. The van der Waals surface area contributed by atoms with E-state index in [0.717, 1.165) is 21.7 Å². The van der Waals surface area contributed by atoms with Crippen LogP contribution in [0.3, 0.4) is 0 Å². The van der Waals surface area contributed by atoms with Crippen molar-refractivity contribution in [2.45, 2.75) is 25.9 Å². The second kappa shape index (κ2) is 6.20. The molecule has 1 aromatic carbocycles. The fraction of sp³-hybridized carbons (Fsp3) is 0.250. The maximum Gasteiger partial charge on any atom is 0.183 e. The SMILES string of the molecule is CC(C)c1cc(C(O)c2cnc(Cl)s2)cc(-n2cccn2)c1. The van der Waals surface area contributed by atoms with Crippen molar-refractivity contribution in [2.75, 3.05) is 0 Å². The topological polar surface area (TPSA) is 50.9 Å². The van der Waals surface area contributed by atoms with Gasteiger partial charge in [-0.3, -0.25) is 0 Å². The first-order valence-electron chi connectivity index (χ1n) is 6.99. The third-order valence-electron chi connectivity index (χ3n) is 3.48. The van der Waals surface area contributed by atoms with Gasteiger partial charge in [-0.25, -0.2) is 9.67 Å². The van der Waals surface area contributed by atoms with Crippen molar-refractivity contribution in [3.63, 3.8) is 0 Å². The van der Waals surface area contributed by atoms with Gasteiger partial charge < -0.3 is 5.11 Å². The van der Waals surface area contributed by atoms with Crippen molar-refractivity contribution in [3.05, 3.63) is 63.3 Å². The Balaban J connectivity index is 2.06. The zero-order chi connectivity index (χ0) is 15.7. The van der Waals surface area contributed by atoms with Gasteiger partial charge in [0.25, 0.3) is 0 Å². The Morgan fingerprint density at radius 1 is 1.23 bits per heavy atom. The van der Waals surface area contributed by atoms with Gasteiger partial charge >= 0.3 is 0 Å². The minimum absolute atomic E-state index is 0.353. The normalized spacial score (nSPS) is 12.8. The second-order valence-electron chi connectivity index (χ2n) is 5.38. The van der Waals surface area contributed by atoms with E-state index in [4.69, 9.17) is 11.6 Å². The van der Waals surface area contributed by atoms with Crippen molar-refractivity contribution in [2.24, 2.45) is 0 Å². The molecule has 1 unspecified atom stereocenters. The zero-order valence-electron chi connectivity index (χ0n) is 12.3. The molecule has 0 fully saturated rings. The van der Waals surface area contributed by atoms with E-state index in [1.165, 1.54) is 11.3 Å². The van der Waals surface area contributed by atoms with Crippen LogP contribution in [0, 0.1) is 0 Å². The van der Waals surface area contributed by atoms with Gasteiger partial charge in [0.1, 0.15) is 6.10 Å². The summed E-state index contributed by atoms with van der Waals surface area (Å²) in [5, 5.41) is 14.9. The molecule has 0 aliphatic heterocycles. The van der Waals surface area contributed by atoms with Crippen molar-refractivity contribution in [1.82, 2.24) is 14.8 Å².